The second kappa shape index (κ2) is 12.0. The Hall–Kier alpha value is -4.67. The number of hydrogen-bond acceptors (Lipinski definition) is 6. The third-order valence-corrected chi connectivity index (χ3v) is 6.95. The number of carbonyl (C=O) groups excluding carboxylic acids is 2. The fourth-order valence-electron chi connectivity index (χ4n) is 5.04. The summed E-state index contributed by atoms with van der Waals surface area (Å²) in [6.07, 6.45) is 3.84. The number of imidazole rings is 2. The van der Waals surface area contributed by atoms with E-state index in [2.05, 4.69) is 19.9 Å². The van der Waals surface area contributed by atoms with Crippen LogP contribution in [0.3, 0.4) is 0 Å². The van der Waals surface area contributed by atoms with Gasteiger partial charge in [-0.3, -0.25) is 4.79 Å². The minimum Gasteiger partial charge on any atom is -0.462 e. The van der Waals surface area contributed by atoms with Crippen LogP contribution in [-0.2, 0) is 41.8 Å². The van der Waals surface area contributed by atoms with Crippen LogP contribution in [0.15, 0.2) is 47.5 Å². The molecule has 0 unspecified atom stereocenters. The third kappa shape index (κ3) is 6.31. The van der Waals surface area contributed by atoms with Crippen molar-refractivity contribution in [1.29, 1.82) is 0 Å². The van der Waals surface area contributed by atoms with Gasteiger partial charge in [0.1, 0.15) is 11.6 Å². The van der Waals surface area contributed by atoms with E-state index in [1.54, 1.807) is 13.0 Å². The zero-order valence-corrected chi connectivity index (χ0v) is 22.6. The van der Waals surface area contributed by atoms with E-state index in [4.69, 9.17) is 21.2 Å². The van der Waals surface area contributed by atoms with E-state index < -0.39 is 0 Å². The Morgan fingerprint density at radius 3 is 2.65 bits per heavy atom. The number of H-pyrrole nitrogens is 2. The monoisotopic (exact) mass is 542 g/mol. The van der Waals surface area contributed by atoms with Gasteiger partial charge in [-0.05, 0) is 49.6 Å². The molecule has 2 aromatic heterocycles. The summed E-state index contributed by atoms with van der Waals surface area (Å²) < 4.78 is 5.16. The maximum atomic E-state index is 13.0. The van der Waals surface area contributed by atoms with E-state index in [0.29, 0.717) is 63.1 Å². The van der Waals surface area contributed by atoms with Gasteiger partial charge in [-0.1, -0.05) is 18.2 Å². The van der Waals surface area contributed by atoms with Gasteiger partial charge in [0.05, 0.1) is 46.8 Å². The molecular formula is C29H34N8O3. The molecule has 0 fully saturated rings. The Kier molecular flexibility index (Phi) is 8.09. The zero-order valence-electron chi connectivity index (χ0n) is 22.6. The highest BCUT2D eigenvalue weighted by molar-refractivity contribution is 5.91. The van der Waals surface area contributed by atoms with Crippen molar-refractivity contribution in [1.82, 2.24) is 24.8 Å². The molecule has 0 atom stereocenters. The summed E-state index contributed by atoms with van der Waals surface area (Å²) >= 11 is 0. The normalized spacial score (nSPS) is 12.8. The van der Waals surface area contributed by atoms with E-state index in [1.165, 1.54) is 0 Å². The van der Waals surface area contributed by atoms with E-state index in [1.807, 2.05) is 41.3 Å². The molecule has 11 nitrogen and oxygen atoms in total. The first-order chi connectivity index (χ1) is 19.4. The van der Waals surface area contributed by atoms with Gasteiger partial charge < -0.3 is 31.1 Å². The number of amides is 1. The summed E-state index contributed by atoms with van der Waals surface area (Å²) in [4.78, 5) is 47.3. The molecule has 6 N–H and O–H groups in total. The number of aliphatic imine (C=N–C) groups is 1. The molecule has 5 rings (SSSR count). The van der Waals surface area contributed by atoms with Crippen molar-refractivity contribution < 1.29 is 14.3 Å². The van der Waals surface area contributed by atoms with Crippen molar-refractivity contribution in [3.63, 3.8) is 0 Å². The van der Waals surface area contributed by atoms with Gasteiger partial charge in [0.15, 0.2) is 5.96 Å². The minimum atomic E-state index is -0.319. The maximum Gasteiger partial charge on any atom is 0.338 e. The number of ether oxygens (including phenoxy) is 1. The number of hydrogen-bond donors (Lipinski definition) is 4. The second-order valence-electron chi connectivity index (χ2n) is 9.83. The van der Waals surface area contributed by atoms with E-state index >= 15 is 0 Å². The van der Waals surface area contributed by atoms with Crippen LogP contribution in [0, 0.1) is 0 Å². The van der Waals surface area contributed by atoms with Crippen LogP contribution in [0.4, 0.5) is 5.69 Å². The first-order valence-corrected chi connectivity index (χ1v) is 13.6. The van der Waals surface area contributed by atoms with Crippen LogP contribution < -0.4 is 11.5 Å². The molecule has 3 heterocycles. The molecule has 40 heavy (non-hydrogen) atoms. The summed E-state index contributed by atoms with van der Waals surface area (Å²) in [7, 11) is 0. The van der Waals surface area contributed by atoms with Crippen molar-refractivity contribution in [3.05, 3.63) is 76.6 Å². The number of esters is 1. The Morgan fingerprint density at radius 2 is 1.85 bits per heavy atom. The molecule has 4 aromatic rings. The number of guanidine groups is 1. The smallest absolute Gasteiger partial charge is 0.338 e. The third-order valence-electron chi connectivity index (χ3n) is 6.95. The first-order valence-electron chi connectivity index (χ1n) is 13.6. The van der Waals surface area contributed by atoms with Crippen molar-refractivity contribution in [3.8, 4) is 0 Å². The standard InChI is InChI=1S/C29H34N8O3/c1-2-40-28(39)20-8-4-3-6-18(20)7-5-9-27(38)37-15-14-22-24(17-37)36-26(34-22)13-12-25-33-21-11-10-19(32-29(30)31)16-23(21)35-25/h3-4,6,8,10-11,16H,2,5,7,9,12-15,17H2,1H3,(H,33,35)(H,34,36)(H4,30,31,32). The summed E-state index contributed by atoms with van der Waals surface area (Å²) in [6, 6.07) is 13.0. The summed E-state index contributed by atoms with van der Waals surface area (Å²) in [5, 5.41) is 0. The average Bonchev–Trinajstić information content (AvgIpc) is 3.54. The molecular weight excluding hydrogens is 508 g/mol. The lowest BCUT2D eigenvalue weighted by Gasteiger charge is -2.26. The maximum absolute atomic E-state index is 13.0. The molecule has 1 aliphatic heterocycles. The van der Waals surface area contributed by atoms with E-state index in [-0.39, 0.29) is 17.8 Å². The molecule has 0 spiro atoms. The number of benzene rings is 2. The Bertz CT molecular complexity index is 1550. The van der Waals surface area contributed by atoms with Crippen LogP contribution >= 0.6 is 0 Å². The molecule has 2 aromatic carbocycles. The molecule has 11 heteroatoms. The topological polar surface area (TPSA) is 168 Å². The SMILES string of the molecule is CCOC(=O)c1ccccc1CCCC(=O)N1CCc2nc(CCc3nc4ccc(N=C(N)N)cc4[nH]3)[nH]c2C1. The Labute approximate surface area is 232 Å². The molecule has 0 bridgehead atoms. The molecule has 0 saturated carbocycles. The molecule has 0 saturated heterocycles. The van der Waals surface area contributed by atoms with Gasteiger partial charge in [-0.15, -0.1) is 0 Å². The van der Waals surface area contributed by atoms with Gasteiger partial charge in [-0.25, -0.2) is 19.8 Å². The highest BCUT2D eigenvalue weighted by atomic mass is 16.5. The van der Waals surface area contributed by atoms with Gasteiger partial charge >= 0.3 is 5.97 Å². The van der Waals surface area contributed by atoms with Gasteiger partial charge in [0.2, 0.25) is 5.91 Å². The number of fused-ring (bicyclic) bond motifs is 2. The van der Waals surface area contributed by atoms with Crippen molar-refractivity contribution in [2.24, 2.45) is 16.5 Å². The lowest BCUT2D eigenvalue weighted by molar-refractivity contribution is -0.132. The summed E-state index contributed by atoms with van der Waals surface area (Å²) in [5.74, 6) is 1.54. The first kappa shape index (κ1) is 26.9. The van der Waals surface area contributed by atoms with Crippen LogP contribution in [0.5, 0.6) is 0 Å². The largest absolute Gasteiger partial charge is 0.462 e. The number of aryl methyl sites for hydroxylation is 3. The van der Waals surface area contributed by atoms with E-state index in [0.717, 1.165) is 46.1 Å². The van der Waals surface area contributed by atoms with Crippen LogP contribution in [-0.4, -0.2) is 55.8 Å². The summed E-state index contributed by atoms with van der Waals surface area (Å²) in [6.45, 7) is 3.30. The number of carbonyl (C=O) groups is 2. The van der Waals surface area contributed by atoms with Crippen molar-refractivity contribution in [2.45, 2.75) is 52.0 Å². The van der Waals surface area contributed by atoms with Crippen LogP contribution in [0.2, 0.25) is 0 Å². The Balaban J connectivity index is 1.14. The molecule has 1 amide bonds. The average molecular weight is 543 g/mol. The summed E-state index contributed by atoms with van der Waals surface area (Å²) in [5.41, 5.74) is 16.8. The van der Waals surface area contributed by atoms with E-state index in [9.17, 15) is 9.59 Å². The van der Waals surface area contributed by atoms with Crippen LogP contribution in [0.1, 0.15) is 58.7 Å². The van der Waals surface area contributed by atoms with Crippen LogP contribution in [0.25, 0.3) is 11.0 Å². The fourth-order valence-corrected chi connectivity index (χ4v) is 5.04. The van der Waals surface area contributed by atoms with Gasteiger partial charge in [0, 0.05) is 32.2 Å². The lowest BCUT2D eigenvalue weighted by Crippen LogP contribution is -2.35. The number of nitrogens with zero attached hydrogens (tertiary/aromatic N) is 4. The van der Waals surface area contributed by atoms with Crippen molar-refractivity contribution in [2.75, 3.05) is 13.2 Å². The number of nitrogens with one attached hydrogen (secondary N) is 2. The fraction of sp³-hybridized carbons (Fsp3) is 0.345. The molecule has 0 aliphatic carbocycles. The minimum absolute atomic E-state index is 0.0120. The van der Waals surface area contributed by atoms with Gasteiger partial charge in [-0.2, -0.15) is 0 Å². The number of rotatable bonds is 10. The second-order valence-corrected chi connectivity index (χ2v) is 9.83. The van der Waals surface area contributed by atoms with Crippen molar-refractivity contribution >= 4 is 34.6 Å². The number of nitrogens with two attached hydrogens (primary N) is 2. The number of aromatic amines is 2. The highest BCUT2D eigenvalue weighted by Gasteiger charge is 2.24. The predicted molar refractivity (Wildman–Crippen MR) is 152 cm³/mol. The highest BCUT2D eigenvalue weighted by Crippen LogP contribution is 2.22. The Morgan fingerprint density at radius 1 is 1.05 bits per heavy atom. The zero-order chi connectivity index (χ0) is 28.1. The van der Waals surface area contributed by atoms with Gasteiger partial charge in [0.25, 0.3) is 0 Å². The molecule has 1 aliphatic rings. The predicted octanol–water partition coefficient (Wildman–Crippen LogP) is 3.06. The molecule has 208 valence electrons. The number of aromatic nitrogens is 4. The lowest BCUT2D eigenvalue weighted by atomic mass is 10.0. The quantitative estimate of drug-likeness (QED) is 0.136. The molecule has 0 radical (unpaired) electrons.